The molecule has 0 radical (unpaired) electrons. The topological polar surface area (TPSA) is 88.8 Å². The van der Waals surface area contributed by atoms with Crippen LogP contribution in [-0.4, -0.2) is 21.0 Å². The molecule has 2 aromatic carbocycles. The number of nitrogens with two attached hydrogens (primary N) is 1. The van der Waals surface area contributed by atoms with Crippen molar-refractivity contribution in [3.8, 4) is 0 Å². The zero-order valence-corrected chi connectivity index (χ0v) is 13.8. The molecular formula is C19H20N6. The lowest BCUT2D eigenvalue weighted by Gasteiger charge is -2.13. The number of nitrogens with zero attached hydrogens (tertiary/aromatic N) is 3. The average molecular weight is 332 g/mol. The van der Waals surface area contributed by atoms with Crippen molar-refractivity contribution in [1.82, 2.24) is 15.0 Å². The smallest absolute Gasteiger partial charge is 0.229 e. The number of hydrogen-bond donors (Lipinski definition) is 3. The van der Waals surface area contributed by atoms with Crippen LogP contribution in [0.1, 0.15) is 16.7 Å². The zero-order chi connectivity index (χ0) is 17.1. The first-order chi connectivity index (χ1) is 12.3. The van der Waals surface area contributed by atoms with Gasteiger partial charge in [0, 0.05) is 12.6 Å². The van der Waals surface area contributed by atoms with Crippen LogP contribution in [0.2, 0.25) is 0 Å². The maximum Gasteiger partial charge on any atom is 0.229 e. The van der Waals surface area contributed by atoms with Gasteiger partial charge in [0.1, 0.15) is 0 Å². The maximum absolute atomic E-state index is 5.84. The highest BCUT2D eigenvalue weighted by Crippen LogP contribution is 2.23. The first-order valence-electron chi connectivity index (χ1n) is 8.39. The molecule has 0 fully saturated rings. The molecule has 4 rings (SSSR count). The molecule has 25 heavy (non-hydrogen) atoms. The Bertz CT molecular complexity index is 840. The molecule has 0 spiro atoms. The van der Waals surface area contributed by atoms with E-state index in [4.69, 9.17) is 5.73 Å². The molecule has 3 aromatic rings. The summed E-state index contributed by atoms with van der Waals surface area (Å²) in [5, 5.41) is 6.59. The molecule has 0 amide bonds. The second kappa shape index (κ2) is 6.76. The molecular weight excluding hydrogens is 312 g/mol. The summed E-state index contributed by atoms with van der Waals surface area (Å²) in [5.74, 6) is 1.21. The lowest BCUT2D eigenvalue weighted by Crippen LogP contribution is -2.22. The zero-order valence-electron chi connectivity index (χ0n) is 13.8. The fourth-order valence-corrected chi connectivity index (χ4v) is 3.16. The van der Waals surface area contributed by atoms with E-state index in [1.54, 1.807) is 0 Å². The number of benzene rings is 2. The van der Waals surface area contributed by atoms with Crippen LogP contribution in [0.25, 0.3) is 0 Å². The number of nitrogens with one attached hydrogen (secondary N) is 2. The Morgan fingerprint density at radius 3 is 2.20 bits per heavy atom. The lowest BCUT2D eigenvalue weighted by atomic mass is 10.1. The molecule has 0 unspecified atom stereocenters. The molecule has 0 bridgehead atoms. The van der Waals surface area contributed by atoms with E-state index >= 15 is 0 Å². The fourth-order valence-electron chi connectivity index (χ4n) is 3.16. The van der Waals surface area contributed by atoms with Gasteiger partial charge in [0.25, 0.3) is 0 Å². The molecule has 1 aliphatic rings. The first kappa shape index (κ1) is 15.4. The summed E-state index contributed by atoms with van der Waals surface area (Å²) in [6.45, 7) is 0.638. The molecule has 1 aromatic heterocycles. The van der Waals surface area contributed by atoms with Gasteiger partial charge in [-0.15, -0.1) is 0 Å². The van der Waals surface area contributed by atoms with Gasteiger partial charge in [-0.25, -0.2) is 0 Å². The van der Waals surface area contributed by atoms with E-state index in [1.165, 1.54) is 11.1 Å². The van der Waals surface area contributed by atoms with Crippen LogP contribution < -0.4 is 16.4 Å². The fraction of sp³-hybridized carbons (Fsp3) is 0.211. The summed E-state index contributed by atoms with van der Waals surface area (Å²) in [5.41, 5.74) is 9.76. The van der Waals surface area contributed by atoms with Gasteiger partial charge in [-0.2, -0.15) is 15.0 Å². The third-order valence-corrected chi connectivity index (χ3v) is 4.33. The van der Waals surface area contributed by atoms with Gasteiger partial charge in [-0.1, -0.05) is 54.6 Å². The largest absolute Gasteiger partial charge is 0.368 e. The Morgan fingerprint density at radius 2 is 1.48 bits per heavy atom. The van der Waals surface area contributed by atoms with E-state index in [1.807, 2.05) is 30.3 Å². The number of nitrogen functional groups attached to an aromatic ring is 1. The lowest BCUT2D eigenvalue weighted by molar-refractivity contribution is 0.760. The van der Waals surface area contributed by atoms with Crippen LogP contribution in [0.4, 0.5) is 17.8 Å². The predicted octanol–water partition coefficient (Wildman–Crippen LogP) is 2.65. The van der Waals surface area contributed by atoms with Crippen LogP contribution in [0, 0.1) is 0 Å². The van der Waals surface area contributed by atoms with Gasteiger partial charge in [-0.3, -0.25) is 0 Å². The highest BCUT2D eigenvalue weighted by atomic mass is 15.2. The minimum Gasteiger partial charge on any atom is -0.368 e. The van der Waals surface area contributed by atoms with E-state index in [9.17, 15) is 0 Å². The molecule has 4 N–H and O–H groups in total. The monoisotopic (exact) mass is 332 g/mol. The molecule has 0 aliphatic heterocycles. The van der Waals surface area contributed by atoms with Gasteiger partial charge in [0.05, 0.1) is 0 Å². The van der Waals surface area contributed by atoms with Crippen molar-refractivity contribution in [3.63, 3.8) is 0 Å². The van der Waals surface area contributed by atoms with Crippen molar-refractivity contribution in [2.45, 2.75) is 25.4 Å². The number of anilines is 3. The third kappa shape index (κ3) is 3.68. The molecule has 1 aliphatic carbocycles. The summed E-state index contributed by atoms with van der Waals surface area (Å²) in [4.78, 5) is 12.8. The normalized spacial score (nSPS) is 13.4. The Morgan fingerprint density at radius 1 is 0.840 bits per heavy atom. The molecule has 0 saturated carbocycles. The maximum atomic E-state index is 5.84. The molecule has 0 atom stereocenters. The minimum atomic E-state index is 0.212. The summed E-state index contributed by atoms with van der Waals surface area (Å²) in [7, 11) is 0. The van der Waals surface area contributed by atoms with Gasteiger partial charge in [0.15, 0.2) is 0 Å². The van der Waals surface area contributed by atoms with E-state index in [0.29, 0.717) is 18.4 Å². The van der Waals surface area contributed by atoms with Crippen LogP contribution in [-0.2, 0) is 19.4 Å². The number of hydrogen-bond acceptors (Lipinski definition) is 6. The van der Waals surface area contributed by atoms with E-state index in [0.717, 1.165) is 18.4 Å². The van der Waals surface area contributed by atoms with Crippen molar-refractivity contribution in [1.29, 1.82) is 0 Å². The molecule has 0 saturated heterocycles. The van der Waals surface area contributed by atoms with Crippen LogP contribution >= 0.6 is 0 Å². The summed E-state index contributed by atoms with van der Waals surface area (Å²) in [6, 6.07) is 18.9. The first-order valence-corrected chi connectivity index (χ1v) is 8.39. The van der Waals surface area contributed by atoms with Gasteiger partial charge in [-0.05, 0) is 29.5 Å². The van der Waals surface area contributed by atoms with Gasteiger partial charge in [0.2, 0.25) is 17.8 Å². The highest BCUT2D eigenvalue weighted by Gasteiger charge is 2.21. The predicted molar refractivity (Wildman–Crippen MR) is 99.3 cm³/mol. The number of aromatic nitrogens is 3. The highest BCUT2D eigenvalue weighted by molar-refractivity contribution is 5.43. The molecule has 6 heteroatoms. The van der Waals surface area contributed by atoms with Gasteiger partial charge >= 0.3 is 0 Å². The van der Waals surface area contributed by atoms with Crippen molar-refractivity contribution >= 4 is 17.8 Å². The van der Waals surface area contributed by atoms with Crippen LogP contribution in [0.5, 0.6) is 0 Å². The Balaban J connectivity index is 1.43. The molecule has 6 nitrogen and oxygen atoms in total. The SMILES string of the molecule is Nc1nc(NCc2ccccc2)nc(NC2Cc3ccccc3C2)n1. The Labute approximate surface area is 146 Å². The van der Waals surface area contributed by atoms with E-state index in [-0.39, 0.29) is 12.0 Å². The Kier molecular flexibility index (Phi) is 4.16. The van der Waals surface area contributed by atoms with Crippen molar-refractivity contribution in [2.24, 2.45) is 0 Å². The average Bonchev–Trinajstić information content (AvgIpc) is 3.02. The van der Waals surface area contributed by atoms with Gasteiger partial charge < -0.3 is 16.4 Å². The quantitative estimate of drug-likeness (QED) is 0.666. The van der Waals surface area contributed by atoms with E-state index < -0.39 is 0 Å². The summed E-state index contributed by atoms with van der Waals surface area (Å²) < 4.78 is 0. The summed E-state index contributed by atoms with van der Waals surface area (Å²) >= 11 is 0. The van der Waals surface area contributed by atoms with E-state index in [2.05, 4.69) is 49.9 Å². The molecule has 1 heterocycles. The second-order valence-electron chi connectivity index (χ2n) is 6.20. The van der Waals surface area contributed by atoms with Crippen molar-refractivity contribution in [3.05, 3.63) is 71.3 Å². The number of rotatable bonds is 5. The standard InChI is InChI=1S/C19H20N6/c20-17-23-18(21-12-13-6-2-1-3-7-13)25-19(24-17)22-16-10-14-8-4-5-9-15(14)11-16/h1-9,16H,10-12H2,(H4,20,21,22,23,24,25). The second-order valence-corrected chi connectivity index (χ2v) is 6.20. The number of fused-ring (bicyclic) bond motifs is 1. The molecule has 126 valence electrons. The Hall–Kier alpha value is -3.15. The third-order valence-electron chi connectivity index (χ3n) is 4.33. The summed E-state index contributed by atoms with van der Waals surface area (Å²) in [6.07, 6.45) is 1.93. The minimum absolute atomic E-state index is 0.212. The van der Waals surface area contributed by atoms with Crippen molar-refractivity contribution in [2.75, 3.05) is 16.4 Å². The van der Waals surface area contributed by atoms with Crippen LogP contribution in [0.3, 0.4) is 0 Å². The van der Waals surface area contributed by atoms with Crippen molar-refractivity contribution < 1.29 is 0 Å². The van der Waals surface area contributed by atoms with Crippen LogP contribution in [0.15, 0.2) is 54.6 Å².